The molecule has 0 fully saturated rings. The molecule has 0 aliphatic heterocycles. The van der Waals surface area contributed by atoms with E-state index in [0.717, 1.165) is 0 Å². The first-order valence-electron chi connectivity index (χ1n) is 5.47. The Morgan fingerprint density at radius 2 is 1.53 bits per heavy atom. The van der Waals surface area contributed by atoms with Crippen molar-refractivity contribution < 1.29 is 19.0 Å². The van der Waals surface area contributed by atoms with Gasteiger partial charge < -0.3 is 14.2 Å². The molecule has 90 valence electrons. The molecular weight excluding hydrogens is 196 g/mol. The first kappa shape index (κ1) is 14.4. The molecule has 0 radical (unpaired) electrons. The second-order valence-electron chi connectivity index (χ2n) is 3.53. The van der Waals surface area contributed by atoms with Crippen molar-refractivity contribution >= 4 is 5.97 Å². The maximum absolute atomic E-state index is 11.3. The Morgan fingerprint density at radius 1 is 1.07 bits per heavy atom. The van der Waals surface area contributed by atoms with Crippen LogP contribution in [-0.2, 0) is 19.0 Å². The standard InChI is InChI=1S/C11H22O4/c1-5-13-7-10(8-14-6-2)15-11(12)9(3)4/h9-10H,5-8H2,1-4H3. The second kappa shape index (κ2) is 8.68. The van der Waals surface area contributed by atoms with Crippen LogP contribution in [0.2, 0.25) is 0 Å². The van der Waals surface area contributed by atoms with Crippen LogP contribution in [0.5, 0.6) is 0 Å². The molecule has 0 atom stereocenters. The molecule has 0 bridgehead atoms. The van der Waals surface area contributed by atoms with E-state index in [1.54, 1.807) is 13.8 Å². The Labute approximate surface area is 91.9 Å². The number of carbonyl (C=O) groups is 1. The highest BCUT2D eigenvalue weighted by Crippen LogP contribution is 2.02. The highest BCUT2D eigenvalue weighted by atomic mass is 16.6. The highest BCUT2D eigenvalue weighted by Gasteiger charge is 2.17. The average molecular weight is 218 g/mol. The molecule has 4 nitrogen and oxygen atoms in total. The van der Waals surface area contributed by atoms with Gasteiger partial charge in [-0.2, -0.15) is 0 Å². The first-order chi connectivity index (χ1) is 7.11. The minimum absolute atomic E-state index is 0.115. The molecule has 4 heteroatoms. The van der Waals surface area contributed by atoms with Gasteiger partial charge in [0, 0.05) is 13.2 Å². The van der Waals surface area contributed by atoms with E-state index in [1.165, 1.54) is 0 Å². The molecule has 15 heavy (non-hydrogen) atoms. The van der Waals surface area contributed by atoms with Gasteiger partial charge in [0.1, 0.15) is 6.10 Å². The second-order valence-corrected chi connectivity index (χ2v) is 3.53. The van der Waals surface area contributed by atoms with Crippen LogP contribution in [-0.4, -0.2) is 38.5 Å². The number of carbonyl (C=O) groups excluding carboxylic acids is 1. The molecule has 0 aromatic heterocycles. The number of esters is 1. The number of rotatable bonds is 8. The highest BCUT2D eigenvalue weighted by molar-refractivity contribution is 5.71. The van der Waals surface area contributed by atoms with E-state index < -0.39 is 0 Å². The SMILES string of the molecule is CCOCC(COCC)OC(=O)C(C)C. The molecule has 0 aromatic carbocycles. The Balaban J connectivity index is 3.93. The lowest BCUT2D eigenvalue weighted by atomic mass is 10.2. The fraction of sp³-hybridized carbons (Fsp3) is 0.909. The van der Waals surface area contributed by atoms with Gasteiger partial charge in [-0.3, -0.25) is 4.79 Å². The summed E-state index contributed by atoms with van der Waals surface area (Å²) in [6, 6.07) is 0. The summed E-state index contributed by atoms with van der Waals surface area (Å²) in [5.74, 6) is -0.324. The van der Waals surface area contributed by atoms with Crippen LogP contribution in [0, 0.1) is 5.92 Å². The van der Waals surface area contributed by atoms with Gasteiger partial charge in [0.25, 0.3) is 0 Å². The van der Waals surface area contributed by atoms with Crippen molar-refractivity contribution in [1.82, 2.24) is 0 Å². The lowest BCUT2D eigenvalue weighted by Gasteiger charge is -2.18. The van der Waals surface area contributed by atoms with E-state index >= 15 is 0 Å². The van der Waals surface area contributed by atoms with Crippen molar-refractivity contribution in [3.05, 3.63) is 0 Å². The van der Waals surface area contributed by atoms with Crippen molar-refractivity contribution in [3.8, 4) is 0 Å². The minimum atomic E-state index is -0.292. The maximum atomic E-state index is 11.3. The lowest BCUT2D eigenvalue weighted by molar-refractivity contribution is -0.159. The van der Waals surface area contributed by atoms with Gasteiger partial charge in [-0.1, -0.05) is 13.8 Å². The van der Waals surface area contributed by atoms with Crippen LogP contribution in [0.1, 0.15) is 27.7 Å². The molecule has 0 aromatic rings. The normalized spacial score (nSPS) is 11.1. The molecule has 0 spiro atoms. The molecule has 0 rings (SSSR count). The summed E-state index contributed by atoms with van der Waals surface area (Å²) < 4.78 is 15.7. The Morgan fingerprint density at radius 3 is 1.87 bits per heavy atom. The summed E-state index contributed by atoms with van der Waals surface area (Å²) in [5.41, 5.74) is 0. The third-order valence-corrected chi connectivity index (χ3v) is 1.77. The van der Waals surface area contributed by atoms with E-state index in [2.05, 4.69) is 0 Å². The van der Waals surface area contributed by atoms with E-state index in [0.29, 0.717) is 26.4 Å². The molecular formula is C11H22O4. The summed E-state index contributed by atoms with van der Waals surface area (Å²) in [4.78, 5) is 11.3. The van der Waals surface area contributed by atoms with E-state index in [4.69, 9.17) is 14.2 Å². The first-order valence-corrected chi connectivity index (χ1v) is 5.47. The summed E-state index contributed by atoms with van der Waals surface area (Å²) in [7, 11) is 0. The van der Waals surface area contributed by atoms with Gasteiger partial charge in [0.2, 0.25) is 0 Å². The largest absolute Gasteiger partial charge is 0.457 e. The van der Waals surface area contributed by atoms with Crippen molar-refractivity contribution in [2.75, 3.05) is 26.4 Å². The maximum Gasteiger partial charge on any atom is 0.308 e. The van der Waals surface area contributed by atoms with Crippen LogP contribution < -0.4 is 0 Å². The predicted molar refractivity (Wildman–Crippen MR) is 57.7 cm³/mol. The summed E-state index contributed by atoms with van der Waals surface area (Å²) >= 11 is 0. The zero-order valence-corrected chi connectivity index (χ0v) is 10.1. The fourth-order valence-corrected chi connectivity index (χ4v) is 0.915. The summed E-state index contributed by atoms with van der Waals surface area (Å²) in [6.45, 7) is 9.44. The molecule has 0 unspecified atom stereocenters. The quantitative estimate of drug-likeness (QED) is 0.581. The van der Waals surface area contributed by atoms with Crippen LogP contribution >= 0.6 is 0 Å². The number of hydrogen-bond donors (Lipinski definition) is 0. The molecule has 0 heterocycles. The topological polar surface area (TPSA) is 44.8 Å². The molecule has 0 saturated carbocycles. The van der Waals surface area contributed by atoms with Crippen LogP contribution in [0.3, 0.4) is 0 Å². The minimum Gasteiger partial charge on any atom is -0.457 e. The van der Waals surface area contributed by atoms with E-state index in [-0.39, 0.29) is 18.0 Å². The van der Waals surface area contributed by atoms with Gasteiger partial charge in [0.05, 0.1) is 19.1 Å². The third kappa shape index (κ3) is 7.33. The zero-order chi connectivity index (χ0) is 11.7. The molecule has 0 aliphatic rings. The molecule has 0 amide bonds. The summed E-state index contributed by atoms with van der Waals surface area (Å²) in [6.07, 6.45) is -0.292. The Bertz CT molecular complexity index is 160. The van der Waals surface area contributed by atoms with Gasteiger partial charge in [-0.05, 0) is 13.8 Å². The number of ether oxygens (including phenoxy) is 3. The number of hydrogen-bond acceptors (Lipinski definition) is 4. The summed E-state index contributed by atoms with van der Waals surface area (Å²) in [5, 5.41) is 0. The molecule has 0 N–H and O–H groups in total. The molecule has 0 aliphatic carbocycles. The monoisotopic (exact) mass is 218 g/mol. The van der Waals surface area contributed by atoms with E-state index in [1.807, 2.05) is 13.8 Å². The van der Waals surface area contributed by atoms with Crippen molar-refractivity contribution in [2.45, 2.75) is 33.8 Å². The van der Waals surface area contributed by atoms with Crippen molar-refractivity contribution in [2.24, 2.45) is 5.92 Å². The van der Waals surface area contributed by atoms with Gasteiger partial charge in [0.15, 0.2) is 0 Å². The third-order valence-electron chi connectivity index (χ3n) is 1.77. The van der Waals surface area contributed by atoms with Crippen molar-refractivity contribution in [3.63, 3.8) is 0 Å². The van der Waals surface area contributed by atoms with Crippen LogP contribution in [0.15, 0.2) is 0 Å². The Hall–Kier alpha value is -0.610. The zero-order valence-electron chi connectivity index (χ0n) is 10.1. The van der Waals surface area contributed by atoms with Gasteiger partial charge >= 0.3 is 5.97 Å². The van der Waals surface area contributed by atoms with Gasteiger partial charge in [-0.15, -0.1) is 0 Å². The van der Waals surface area contributed by atoms with Crippen LogP contribution in [0.25, 0.3) is 0 Å². The smallest absolute Gasteiger partial charge is 0.308 e. The van der Waals surface area contributed by atoms with E-state index in [9.17, 15) is 4.79 Å². The van der Waals surface area contributed by atoms with Crippen LogP contribution in [0.4, 0.5) is 0 Å². The fourth-order valence-electron chi connectivity index (χ4n) is 0.915. The molecule has 0 saturated heterocycles. The lowest BCUT2D eigenvalue weighted by Crippen LogP contribution is -2.30. The van der Waals surface area contributed by atoms with Gasteiger partial charge in [-0.25, -0.2) is 0 Å². The van der Waals surface area contributed by atoms with Crippen molar-refractivity contribution in [1.29, 1.82) is 0 Å². The Kier molecular flexibility index (Phi) is 8.33. The average Bonchev–Trinajstić information content (AvgIpc) is 2.21. The predicted octanol–water partition coefficient (Wildman–Crippen LogP) is 1.63.